The summed E-state index contributed by atoms with van der Waals surface area (Å²) in [5.74, 6) is 1.70. The molecular formula is C20H17Br2N3O4. The van der Waals surface area contributed by atoms with Gasteiger partial charge in [-0.1, -0.05) is 19.1 Å². The first-order valence-electron chi connectivity index (χ1n) is 8.88. The summed E-state index contributed by atoms with van der Waals surface area (Å²) in [6, 6.07) is 10.5. The van der Waals surface area contributed by atoms with Gasteiger partial charge in [-0.05, 0) is 61.7 Å². The molecule has 0 amide bonds. The third kappa shape index (κ3) is 3.64. The average Bonchev–Trinajstić information content (AvgIpc) is 3.18. The van der Waals surface area contributed by atoms with Crippen LogP contribution < -0.4 is 4.74 Å². The first kappa shape index (κ1) is 19.9. The highest BCUT2D eigenvalue weighted by Gasteiger charge is 2.41. The number of aliphatic imine (C=N–C) groups is 1. The van der Waals surface area contributed by atoms with Crippen LogP contribution in [0.5, 0.6) is 5.75 Å². The monoisotopic (exact) mass is 521 g/mol. The lowest BCUT2D eigenvalue weighted by molar-refractivity contribution is -0.402. The maximum absolute atomic E-state index is 11.1. The molecule has 2 aromatic rings. The van der Waals surface area contributed by atoms with Crippen LogP contribution in [0.4, 0.5) is 5.88 Å². The maximum Gasteiger partial charge on any atom is 0.433 e. The molecular weight excluding hydrogens is 506 g/mol. The van der Waals surface area contributed by atoms with Crippen molar-refractivity contribution in [2.45, 2.75) is 19.0 Å². The standard InChI is InChI=1S/C20H17Br2N3O4/c1-11-18(16-7-8-17(29-16)25(26)27)23-20-15(22)9-13(21)10-24(20)19(11)12-3-5-14(28-2)6-4-12/h3-11,18-19H,1-2H3. The Bertz CT molecular complexity index is 1040. The molecule has 3 unspecified atom stereocenters. The highest BCUT2D eigenvalue weighted by atomic mass is 79.9. The molecule has 2 aliphatic heterocycles. The number of fused-ring (bicyclic) bond motifs is 1. The summed E-state index contributed by atoms with van der Waals surface area (Å²) < 4.78 is 12.5. The summed E-state index contributed by atoms with van der Waals surface area (Å²) in [5.41, 5.74) is 1.08. The predicted octanol–water partition coefficient (Wildman–Crippen LogP) is 5.86. The quantitative estimate of drug-likeness (QED) is 0.371. The number of rotatable bonds is 4. The lowest BCUT2D eigenvalue weighted by Crippen LogP contribution is -2.41. The second-order valence-electron chi connectivity index (χ2n) is 6.82. The zero-order valence-electron chi connectivity index (χ0n) is 15.6. The molecule has 0 aliphatic carbocycles. The van der Waals surface area contributed by atoms with Gasteiger partial charge in [0.1, 0.15) is 28.3 Å². The van der Waals surface area contributed by atoms with Crippen LogP contribution in [0.2, 0.25) is 0 Å². The van der Waals surface area contributed by atoms with Crippen molar-refractivity contribution >= 4 is 43.6 Å². The third-order valence-electron chi connectivity index (χ3n) is 5.08. The van der Waals surface area contributed by atoms with E-state index in [1.54, 1.807) is 13.2 Å². The van der Waals surface area contributed by atoms with Crippen LogP contribution >= 0.6 is 31.9 Å². The molecule has 0 spiro atoms. The van der Waals surface area contributed by atoms with Gasteiger partial charge in [-0.15, -0.1) is 0 Å². The lowest BCUT2D eigenvalue weighted by atomic mass is 9.84. The van der Waals surface area contributed by atoms with Crippen molar-refractivity contribution < 1.29 is 14.1 Å². The van der Waals surface area contributed by atoms with Crippen LogP contribution in [-0.2, 0) is 0 Å². The normalized spacial score (nSPS) is 23.7. The topological polar surface area (TPSA) is 81.1 Å². The zero-order valence-corrected chi connectivity index (χ0v) is 18.8. The van der Waals surface area contributed by atoms with Crippen molar-refractivity contribution in [2.24, 2.45) is 10.9 Å². The van der Waals surface area contributed by atoms with E-state index in [1.165, 1.54) is 6.07 Å². The minimum Gasteiger partial charge on any atom is -0.497 e. The van der Waals surface area contributed by atoms with E-state index in [1.807, 2.05) is 36.5 Å². The van der Waals surface area contributed by atoms with Gasteiger partial charge < -0.3 is 14.1 Å². The summed E-state index contributed by atoms with van der Waals surface area (Å²) >= 11 is 7.16. The molecule has 29 heavy (non-hydrogen) atoms. The SMILES string of the molecule is COc1ccc(C2C(C)C(c3ccc([N+](=O)[O-])o3)N=C3C(Br)=CC(Br)=CN32)cc1. The van der Waals surface area contributed by atoms with Crippen LogP contribution in [0.25, 0.3) is 0 Å². The predicted molar refractivity (Wildman–Crippen MR) is 116 cm³/mol. The summed E-state index contributed by atoms with van der Waals surface area (Å²) in [6.07, 6.45) is 3.92. The Morgan fingerprint density at radius 2 is 1.93 bits per heavy atom. The molecule has 0 N–H and O–H groups in total. The van der Waals surface area contributed by atoms with Gasteiger partial charge in [-0.25, -0.2) is 0 Å². The number of nitrogens with zero attached hydrogens (tertiary/aromatic N) is 3. The molecule has 3 atom stereocenters. The number of nitro groups is 1. The van der Waals surface area contributed by atoms with Gasteiger partial charge in [0.05, 0.1) is 23.7 Å². The van der Waals surface area contributed by atoms with Crippen molar-refractivity contribution in [3.63, 3.8) is 0 Å². The van der Waals surface area contributed by atoms with E-state index in [9.17, 15) is 10.1 Å². The largest absolute Gasteiger partial charge is 0.497 e. The number of benzene rings is 1. The van der Waals surface area contributed by atoms with Crippen LogP contribution in [0.1, 0.15) is 30.3 Å². The number of hydrogen-bond donors (Lipinski definition) is 0. The molecule has 0 saturated heterocycles. The average molecular weight is 523 g/mol. The maximum atomic E-state index is 11.1. The van der Waals surface area contributed by atoms with Crippen LogP contribution in [0, 0.1) is 16.0 Å². The molecule has 1 aromatic carbocycles. The summed E-state index contributed by atoms with van der Waals surface area (Å²) in [5, 5.41) is 11.1. The Morgan fingerprint density at radius 3 is 2.55 bits per heavy atom. The lowest BCUT2D eigenvalue weighted by Gasteiger charge is -2.43. The molecule has 0 saturated carbocycles. The van der Waals surface area contributed by atoms with Gasteiger partial charge in [0.2, 0.25) is 0 Å². The van der Waals surface area contributed by atoms with Gasteiger partial charge >= 0.3 is 5.88 Å². The fourth-order valence-electron chi connectivity index (χ4n) is 3.74. The van der Waals surface area contributed by atoms with Crippen molar-refractivity contribution in [2.75, 3.05) is 7.11 Å². The van der Waals surface area contributed by atoms with Crippen molar-refractivity contribution in [1.82, 2.24) is 4.90 Å². The Labute approximate surface area is 184 Å². The Morgan fingerprint density at radius 1 is 1.21 bits per heavy atom. The van der Waals surface area contributed by atoms with Gasteiger partial charge in [-0.3, -0.25) is 15.1 Å². The summed E-state index contributed by atoms with van der Waals surface area (Å²) in [4.78, 5) is 17.5. The Kier molecular flexibility index (Phi) is 5.35. The van der Waals surface area contributed by atoms with E-state index in [4.69, 9.17) is 14.1 Å². The fourth-order valence-corrected chi connectivity index (χ4v) is 5.05. The van der Waals surface area contributed by atoms with E-state index in [0.717, 1.165) is 26.1 Å². The zero-order chi connectivity index (χ0) is 20.7. The third-order valence-corrected chi connectivity index (χ3v) is 6.10. The second kappa shape index (κ2) is 7.79. The van der Waals surface area contributed by atoms with Gasteiger partial charge in [0.15, 0.2) is 0 Å². The molecule has 1 aromatic heterocycles. The molecule has 7 nitrogen and oxygen atoms in total. The van der Waals surface area contributed by atoms with Gasteiger partial charge in [0.25, 0.3) is 0 Å². The molecule has 3 heterocycles. The van der Waals surface area contributed by atoms with Gasteiger partial charge in [0, 0.05) is 16.6 Å². The summed E-state index contributed by atoms with van der Waals surface area (Å²) in [7, 11) is 1.63. The Hall–Kier alpha value is -2.39. The highest BCUT2D eigenvalue weighted by Crippen LogP contribution is 2.47. The molecule has 2 aliphatic rings. The molecule has 0 bridgehead atoms. The van der Waals surface area contributed by atoms with Crippen LogP contribution in [0.3, 0.4) is 0 Å². The first-order chi connectivity index (χ1) is 13.9. The first-order valence-corrected chi connectivity index (χ1v) is 10.5. The van der Waals surface area contributed by atoms with E-state index in [2.05, 4.69) is 43.7 Å². The minimum atomic E-state index is -0.534. The number of amidine groups is 1. The van der Waals surface area contributed by atoms with Crippen molar-refractivity contribution in [1.29, 1.82) is 0 Å². The number of allylic oxidation sites excluding steroid dienone is 2. The molecule has 150 valence electrons. The molecule has 4 rings (SSSR count). The minimum absolute atomic E-state index is 0.0205. The Balaban J connectivity index is 1.82. The van der Waals surface area contributed by atoms with Crippen molar-refractivity contribution in [3.8, 4) is 5.75 Å². The fraction of sp³-hybridized carbons (Fsp3) is 0.250. The molecule has 9 heteroatoms. The number of ether oxygens (including phenoxy) is 1. The van der Waals surface area contributed by atoms with Crippen molar-refractivity contribution in [3.05, 3.63) is 79.1 Å². The number of hydrogen-bond acceptors (Lipinski definition) is 6. The van der Waals surface area contributed by atoms with E-state index in [-0.39, 0.29) is 23.9 Å². The van der Waals surface area contributed by atoms with Gasteiger partial charge in [-0.2, -0.15) is 0 Å². The van der Waals surface area contributed by atoms with Crippen LogP contribution in [-0.4, -0.2) is 22.8 Å². The van der Waals surface area contributed by atoms with E-state index < -0.39 is 4.92 Å². The number of methoxy groups -OCH3 is 1. The second-order valence-corrected chi connectivity index (χ2v) is 8.59. The highest BCUT2D eigenvalue weighted by molar-refractivity contribution is 9.12. The van der Waals surface area contributed by atoms with Crippen LogP contribution in [0.15, 0.2) is 67.0 Å². The molecule has 0 radical (unpaired) electrons. The summed E-state index contributed by atoms with van der Waals surface area (Å²) in [6.45, 7) is 2.07. The number of furan rings is 1. The van der Waals surface area contributed by atoms with E-state index >= 15 is 0 Å². The molecule has 0 fully saturated rings. The smallest absolute Gasteiger partial charge is 0.433 e. The number of halogens is 2. The van der Waals surface area contributed by atoms with E-state index in [0.29, 0.717) is 5.76 Å².